The first-order valence-corrected chi connectivity index (χ1v) is 9.81. The molecule has 0 aromatic heterocycles. The number of nitrogens with one attached hydrogen (secondary N) is 1. The van der Waals surface area contributed by atoms with Gasteiger partial charge in [0.15, 0.2) is 0 Å². The van der Waals surface area contributed by atoms with Crippen LogP contribution < -0.4 is 5.32 Å². The third-order valence-electron chi connectivity index (χ3n) is 5.14. The fourth-order valence-corrected chi connectivity index (χ4v) is 3.72. The molecule has 3 aliphatic rings. The van der Waals surface area contributed by atoms with Gasteiger partial charge in [-0.05, 0) is 25.0 Å². The van der Waals surface area contributed by atoms with Crippen LogP contribution in [-0.2, 0) is 23.8 Å². The van der Waals surface area contributed by atoms with E-state index in [1.165, 1.54) is 0 Å². The Balaban J connectivity index is 1.49. The summed E-state index contributed by atoms with van der Waals surface area (Å²) in [5.41, 5.74) is 0. The van der Waals surface area contributed by atoms with Crippen LogP contribution in [0.1, 0.15) is 12.8 Å². The third kappa shape index (κ3) is 5.21. The Morgan fingerprint density at radius 1 is 1.00 bits per heavy atom. The number of piperidine rings is 1. The standard InChI is InChI=1S/C19H28N2O8/c22-5-6-27-7-8-28-9-10-29-12-1-2-13-14(11-12)19(26)21(18(13)25)15-3-4-16(23)20-17(15)24/h1-2,11,13-17,20,22-24H,3-10H2. The van der Waals surface area contributed by atoms with Crippen LogP contribution >= 0.6 is 0 Å². The molecule has 3 rings (SSSR count). The van der Waals surface area contributed by atoms with Gasteiger partial charge in [-0.25, -0.2) is 0 Å². The number of aliphatic hydroxyl groups is 3. The van der Waals surface area contributed by atoms with E-state index in [1.54, 1.807) is 18.2 Å². The number of rotatable bonds is 10. The van der Waals surface area contributed by atoms with Gasteiger partial charge >= 0.3 is 0 Å². The van der Waals surface area contributed by atoms with Crippen molar-refractivity contribution in [3.63, 3.8) is 0 Å². The second-order valence-electron chi connectivity index (χ2n) is 7.10. The van der Waals surface area contributed by atoms with Crippen LogP contribution in [-0.4, -0.2) is 90.2 Å². The number of allylic oxidation sites excluding steroid dienone is 1. The Bertz CT molecular complexity index is 652. The van der Waals surface area contributed by atoms with Gasteiger partial charge in [0.2, 0.25) is 11.8 Å². The largest absolute Gasteiger partial charge is 0.492 e. The van der Waals surface area contributed by atoms with E-state index in [0.717, 1.165) is 4.90 Å². The van der Waals surface area contributed by atoms with Gasteiger partial charge in [0, 0.05) is 0 Å². The molecule has 0 spiro atoms. The van der Waals surface area contributed by atoms with Gasteiger partial charge in [-0.15, -0.1) is 0 Å². The van der Waals surface area contributed by atoms with Gasteiger partial charge in [-0.2, -0.15) is 0 Å². The van der Waals surface area contributed by atoms with E-state index in [9.17, 15) is 19.8 Å². The third-order valence-corrected chi connectivity index (χ3v) is 5.14. The van der Waals surface area contributed by atoms with Crippen LogP contribution in [0.2, 0.25) is 0 Å². The van der Waals surface area contributed by atoms with Crippen molar-refractivity contribution in [3.05, 3.63) is 24.0 Å². The first kappa shape index (κ1) is 21.9. The second-order valence-corrected chi connectivity index (χ2v) is 7.10. The Morgan fingerprint density at radius 2 is 1.69 bits per heavy atom. The minimum Gasteiger partial charge on any atom is -0.492 e. The normalized spacial score (nSPS) is 31.8. The molecule has 10 heteroatoms. The highest BCUT2D eigenvalue weighted by atomic mass is 16.5. The van der Waals surface area contributed by atoms with E-state index >= 15 is 0 Å². The zero-order chi connectivity index (χ0) is 20.8. The number of likely N-dealkylation sites (tertiary alicyclic amines) is 1. The molecule has 29 heavy (non-hydrogen) atoms. The van der Waals surface area contributed by atoms with Gasteiger partial charge in [-0.1, -0.05) is 6.08 Å². The van der Waals surface area contributed by atoms with Gasteiger partial charge in [0.05, 0.1) is 50.9 Å². The molecule has 0 aromatic rings. The first-order valence-electron chi connectivity index (χ1n) is 9.81. The zero-order valence-electron chi connectivity index (χ0n) is 16.1. The molecule has 10 nitrogen and oxygen atoms in total. The van der Waals surface area contributed by atoms with Gasteiger partial charge in [-0.3, -0.25) is 19.8 Å². The maximum atomic E-state index is 12.8. The number of carbonyl (C=O) groups is 2. The lowest BCUT2D eigenvalue weighted by molar-refractivity contribution is -0.149. The number of amides is 2. The fraction of sp³-hybridized carbons (Fsp3) is 0.684. The number of aliphatic hydroxyl groups excluding tert-OH is 3. The van der Waals surface area contributed by atoms with Crippen molar-refractivity contribution < 1.29 is 39.1 Å². The van der Waals surface area contributed by atoms with E-state index < -0.39 is 30.3 Å². The molecule has 2 amide bonds. The van der Waals surface area contributed by atoms with Crippen molar-refractivity contribution >= 4 is 11.8 Å². The number of hydrogen-bond donors (Lipinski definition) is 4. The lowest BCUT2D eigenvalue weighted by Gasteiger charge is -2.36. The summed E-state index contributed by atoms with van der Waals surface area (Å²) in [4.78, 5) is 26.7. The Labute approximate surface area is 168 Å². The monoisotopic (exact) mass is 412 g/mol. The van der Waals surface area contributed by atoms with Crippen LogP contribution in [0.25, 0.3) is 0 Å². The molecule has 4 N–H and O–H groups in total. The molecule has 2 heterocycles. The SMILES string of the molecule is O=C1C2C=CC(OCCOCCOCCO)=CC2C(=O)N1C1CCC(O)NC1O. The van der Waals surface area contributed by atoms with Crippen molar-refractivity contribution in [1.82, 2.24) is 10.2 Å². The van der Waals surface area contributed by atoms with Crippen LogP contribution in [0.4, 0.5) is 0 Å². The smallest absolute Gasteiger partial charge is 0.237 e. The molecule has 2 saturated heterocycles. The Morgan fingerprint density at radius 3 is 2.41 bits per heavy atom. The van der Waals surface area contributed by atoms with Crippen LogP contribution in [0.5, 0.6) is 0 Å². The van der Waals surface area contributed by atoms with Crippen LogP contribution in [0, 0.1) is 11.8 Å². The highest BCUT2D eigenvalue weighted by Crippen LogP contribution is 2.36. The number of ether oxygens (including phenoxy) is 3. The lowest BCUT2D eigenvalue weighted by atomic mass is 9.90. The molecule has 162 valence electrons. The van der Waals surface area contributed by atoms with E-state index in [2.05, 4.69) is 5.32 Å². The average molecular weight is 412 g/mol. The maximum Gasteiger partial charge on any atom is 0.237 e. The molecule has 0 aromatic carbocycles. The minimum atomic E-state index is -1.16. The Kier molecular flexibility index (Phi) is 7.76. The number of fused-ring (bicyclic) bond motifs is 1. The average Bonchev–Trinajstić information content (AvgIpc) is 2.94. The van der Waals surface area contributed by atoms with Gasteiger partial charge in [0.1, 0.15) is 24.8 Å². The minimum absolute atomic E-state index is 0.0252. The topological polar surface area (TPSA) is 138 Å². The molecular formula is C19H28N2O8. The quantitative estimate of drug-likeness (QED) is 0.249. The molecule has 5 atom stereocenters. The molecule has 0 bridgehead atoms. The molecular weight excluding hydrogens is 384 g/mol. The fourth-order valence-electron chi connectivity index (χ4n) is 3.72. The summed E-state index contributed by atoms with van der Waals surface area (Å²) in [7, 11) is 0. The summed E-state index contributed by atoms with van der Waals surface area (Å²) in [5, 5.41) is 30.9. The van der Waals surface area contributed by atoms with Crippen LogP contribution in [0.15, 0.2) is 24.0 Å². The first-order chi connectivity index (χ1) is 14.0. The number of nitrogens with zero attached hydrogens (tertiary/aromatic N) is 1. The number of carbonyl (C=O) groups excluding carboxylic acids is 2. The highest BCUT2D eigenvalue weighted by Gasteiger charge is 2.51. The number of hydrogen-bond acceptors (Lipinski definition) is 9. The molecule has 2 aliphatic heterocycles. The van der Waals surface area contributed by atoms with E-state index in [4.69, 9.17) is 19.3 Å². The Hall–Kier alpha value is -1.82. The molecule has 0 radical (unpaired) electrons. The predicted molar refractivity (Wildman–Crippen MR) is 98.9 cm³/mol. The van der Waals surface area contributed by atoms with Crippen molar-refractivity contribution in [2.24, 2.45) is 11.8 Å². The second kappa shape index (κ2) is 10.3. The predicted octanol–water partition coefficient (Wildman–Crippen LogP) is -1.53. The summed E-state index contributed by atoms with van der Waals surface area (Å²) in [5.74, 6) is -1.49. The molecule has 1 aliphatic carbocycles. The van der Waals surface area contributed by atoms with E-state index in [1.807, 2.05) is 0 Å². The van der Waals surface area contributed by atoms with Crippen LogP contribution in [0.3, 0.4) is 0 Å². The summed E-state index contributed by atoms with van der Waals surface area (Å²) in [6, 6.07) is -0.698. The summed E-state index contributed by atoms with van der Waals surface area (Å²) in [6.45, 7) is 1.64. The zero-order valence-corrected chi connectivity index (χ0v) is 16.1. The summed E-state index contributed by atoms with van der Waals surface area (Å²) < 4.78 is 16.0. The van der Waals surface area contributed by atoms with Crippen molar-refractivity contribution in [3.8, 4) is 0 Å². The summed E-state index contributed by atoms with van der Waals surface area (Å²) >= 11 is 0. The van der Waals surface area contributed by atoms with Gasteiger partial charge < -0.3 is 29.5 Å². The van der Waals surface area contributed by atoms with Crippen molar-refractivity contribution in [2.45, 2.75) is 31.3 Å². The molecule has 2 fully saturated rings. The van der Waals surface area contributed by atoms with E-state index in [0.29, 0.717) is 38.4 Å². The molecule has 0 saturated carbocycles. The van der Waals surface area contributed by atoms with Crippen molar-refractivity contribution in [1.29, 1.82) is 0 Å². The molecule has 5 unspecified atom stereocenters. The van der Waals surface area contributed by atoms with Crippen molar-refractivity contribution in [2.75, 3.05) is 39.6 Å². The van der Waals surface area contributed by atoms with E-state index in [-0.39, 0.29) is 31.6 Å². The highest BCUT2D eigenvalue weighted by molar-refractivity contribution is 6.07. The lowest BCUT2D eigenvalue weighted by Crippen LogP contribution is -2.58. The summed E-state index contributed by atoms with van der Waals surface area (Å²) in [6.07, 6.45) is 3.63. The number of imide groups is 1. The maximum absolute atomic E-state index is 12.8. The van der Waals surface area contributed by atoms with Gasteiger partial charge in [0.25, 0.3) is 0 Å².